The van der Waals surface area contributed by atoms with Gasteiger partial charge in [-0.2, -0.15) is 0 Å². The quantitative estimate of drug-likeness (QED) is 0.357. The number of ketones is 1. The van der Waals surface area contributed by atoms with Crippen LogP contribution in [-0.4, -0.2) is 46.8 Å². The molecule has 1 aromatic heterocycles. The van der Waals surface area contributed by atoms with Gasteiger partial charge in [-0.3, -0.25) is 14.6 Å². The molecule has 4 saturated carbocycles. The van der Waals surface area contributed by atoms with E-state index < -0.39 is 15.9 Å². The number of hydrogen-bond acceptors (Lipinski definition) is 6. The van der Waals surface area contributed by atoms with Crippen molar-refractivity contribution < 1.29 is 22.6 Å². The third-order valence-electron chi connectivity index (χ3n) is 12.1. The lowest BCUT2D eigenvalue weighted by atomic mass is 9.44. The molecule has 1 heterocycles. The summed E-state index contributed by atoms with van der Waals surface area (Å²) in [5, 5.41) is 0. The van der Waals surface area contributed by atoms with Crippen LogP contribution in [0.4, 0.5) is 0 Å². The van der Waals surface area contributed by atoms with Crippen molar-refractivity contribution in [3.63, 3.8) is 0 Å². The summed E-state index contributed by atoms with van der Waals surface area (Å²) in [5.41, 5.74) is 1.44. The Kier molecular flexibility index (Phi) is 8.51. The summed E-state index contributed by atoms with van der Waals surface area (Å²) in [6.07, 6.45) is 14.6. The number of amides is 1. The second kappa shape index (κ2) is 11.5. The van der Waals surface area contributed by atoms with Gasteiger partial charge in [0.25, 0.3) is 0 Å². The van der Waals surface area contributed by atoms with Crippen molar-refractivity contribution in [3.05, 3.63) is 30.1 Å². The first kappa shape index (κ1) is 29.7. The Morgan fingerprint density at radius 3 is 2.62 bits per heavy atom. The molecular formula is C32H47N2O5S-. The van der Waals surface area contributed by atoms with Gasteiger partial charge in [-0.05, 0) is 109 Å². The lowest BCUT2D eigenvalue weighted by Gasteiger charge is -2.60. The maximum atomic E-state index is 13.3. The Bertz CT molecular complexity index is 1190. The average molecular weight is 572 g/mol. The van der Waals surface area contributed by atoms with E-state index >= 15 is 0 Å². The molecule has 0 radical (unpaired) electrons. The number of hydrogen-bond donors (Lipinski definition) is 0. The number of Topliss-reactive ketones (excluding diaryl/α,β-unsaturated/α-hetero) is 1. The minimum absolute atomic E-state index is 0.0917. The Labute approximate surface area is 240 Å². The second-order valence-electron chi connectivity index (χ2n) is 14.1. The highest BCUT2D eigenvalue weighted by Gasteiger charge is 2.60. The molecule has 4 aliphatic carbocycles. The highest BCUT2D eigenvalue weighted by atomic mass is 32.2. The van der Waals surface area contributed by atoms with E-state index in [0.717, 1.165) is 49.0 Å². The van der Waals surface area contributed by atoms with Crippen molar-refractivity contribution in [3.8, 4) is 0 Å². The van der Waals surface area contributed by atoms with E-state index in [-0.39, 0.29) is 19.0 Å². The number of nitrogens with zero attached hydrogens (tertiary/aromatic N) is 2. The zero-order valence-electron chi connectivity index (χ0n) is 24.5. The van der Waals surface area contributed by atoms with Crippen molar-refractivity contribution in [1.82, 2.24) is 9.88 Å². The van der Waals surface area contributed by atoms with Crippen LogP contribution in [0.1, 0.15) is 97.0 Å². The summed E-state index contributed by atoms with van der Waals surface area (Å²) in [4.78, 5) is 31.2. The van der Waals surface area contributed by atoms with Crippen LogP contribution in [0.2, 0.25) is 0 Å². The predicted octanol–water partition coefficient (Wildman–Crippen LogP) is 5.60. The van der Waals surface area contributed by atoms with Crippen LogP contribution in [0, 0.1) is 46.3 Å². The Morgan fingerprint density at radius 1 is 1.12 bits per heavy atom. The Hall–Kier alpha value is -1.80. The van der Waals surface area contributed by atoms with Crippen molar-refractivity contribution >= 4 is 21.8 Å². The minimum atomic E-state index is -4.41. The van der Waals surface area contributed by atoms with E-state index in [2.05, 4.69) is 25.8 Å². The molecular weight excluding hydrogens is 524 g/mol. The molecule has 0 bridgehead atoms. The zero-order chi connectivity index (χ0) is 28.7. The fourth-order valence-electron chi connectivity index (χ4n) is 9.96. The largest absolute Gasteiger partial charge is 0.748 e. The molecule has 7 nitrogen and oxygen atoms in total. The number of pyridine rings is 1. The fourth-order valence-corrected chi connectivity index (χ4v) is 10.4. The standard InChI is InChI=1S/C32H48N2O5S/c1-22(6-11-30(36)34(17-18-40(37,38)39)21-23-5-4-16-33-20-23)27-9-10-28-26-8-7-24-19-25(35)12-14-31(24,2)29(26)13-15-32(27,28)3/h4-5,16,20,22,24,26-29H,6-15,17-19,21H2,1-3H3,(H,37,38,39)/p-1/t22-,24-,26+,27-,28+,29+,31+,32-/m1/s1. The van der Waals surface area contributed by atoms with E-state index in [1.54, 1.807) is 18.5 Å². The van der Waals surface area contributed by atoms with Gasteiger partial charge in [-0.25, -0.2) is 8.42 Å². The molecule has 222 valence electrons. The molecule has 0 aliphatic heterocycles. The summed E-state index contributed by atoms with van der Waals surface area (Å²) in [6, 6.07) is 3.65. The van der Waals surface area contributed by atoms with Crippen LogP contribution < -0.4 is 0 Å². The summed E-state index contributed by atoms with van der Waals surface area (Å²) in [7, 11) is -4.41. The topological polar surface area (TPSA) is 107 Å². The first-order valence-electron chi connectivity index (χ1n) is 15.5. The highest BCUT2D eigenvalue weighted by Crippen LogP contribution is 2.68. The molecule has 5 rings (SSSR count). The third kappa shape index (κ3) is 5.90. The molecule has 4 fully saturated rings. The number of fused-ring (bicyclic) bond motifs is 5. The Morgan fingerprint density at radius 2 is 1.90 bits per heavy atom. The number of carbonyl (C=O) groups excluding carboxylic acids is 2. The van der Waals surface area contributed by atoms with Crippen LogP contribution >= 0.6 is 0 Å². The SMILES string of the molecule is C[C@H](CCC(=O)N(CCS(=O)(=O)[O-])Cc1cccnc1)[C@H]1CC[C@H]2[C@@H]3CC[C@@H]4CC(=O)CC[C@]4(C)[C@H]3CC[C@]12C. The van der Waals surface area contributed by atoms with Gasteiger partial charge in [0.2, 0.25) is 5.91 Å². The summed E-state index contributed by atoms with van der Waals surface area (Å²) >= 11 is 0. The van der Waals surface area contributed by atoms with E-state index in [4.69, 9.17) is 0 Å². The average Bonchev–Trinajstić information content (AvgIpc) is 3.27. The summed E-state index contributed by atoms with van der Waals surface area (Å²) < 4.78 is 33.9. The summed E-state index contributed by atoms with van der Waals surface area (Å²) in [6.45, 7) is 7.49. The van der Waals surface area contributed by atoms with E-state index in [1.165, 1.54) is 43.4 Å². The minimum Gasteiger partial charge on any atom is -0.748 e. The van der Waals surface area contributed by atoms with E-state index in [9.17, 15) is 22.6 Å². The molecule has 0 spiro atoms. The molecule has 0 unspecified atom stereocenters. The van der Waals surface area contributed by atoms with Crippen LogP contribution in [-0.2, 0) is 26.3 Å². The lowest BCUT2D eigenvalue weighted by Crippen LogP contribution is -2.53. The first-order valence-corrected chi connectivity index (χ1v) is 17.1. The molecule has 8 atom stereocenters. The smallest absolute Gasteiger partial charge is 0.222 e. The second-order valence-corrected chi connectivity index (χ2v) is 15.6. The van der Waals surface area contributed by atoms with Crippen LogP contribution in [0.15, 0.2) is 24.5 Å². The van der Waals surface area contributed by atoms with Gasteiger partial charge in [-0.1, -0.05) is 26.8 Å². The van der Waals surface area contributed by atoms with Gasteiger partial charge in [0.1, 0.15) is 5.78 Å². The Balaban J connectivity index is 1.22. The van der Waals surface area contributed by atoms with Gasteiger partial charge in [0.15, 0.2) is 0 Å². The molecule has 0 aromatic carbocycles. The molecule has 1 amide bonds. The fraction of sp³-hybridized carbons (Fsp3) is 0.781. The molecule has 40 heavy (non-hydrogen) atoms. The number of carbonyl (C=O) groups is 2. The van der Waals surface area contributed by atoms with E-state index in [0.29, 0.717) is 40.8 Å². The van der Waals surface area contributed by atoms with Crippen molar-refractivity contribution in [2.45, 2.75) is 97.9 Å². The van der Waals surface area contributed by atoms with Crippen LogP contribution in [0.3, 0.4) is 0 Å². The maximum absolute atomic E-state index is 13.3. The van der Waals surface area contributed by atoms with Gasteiger partial charge in [0.05, 0.1) is 15.9 Å². The van der Waals surface area contributed by atoms with Gasteiger partial charge < -0.3 is 9.45 Å². The lowest BCUT2D eigenvalue weighted by molar-refractivity contribution is -0.140. The highest BCUT2D eigenvalue weighted by molar-refractivity contribution is 7.85. The first-order chi connectivity index (χ1) is 18.9. The predicted molar refractivity (Wildman–Crippen MR) is 153 cm³/mol. The van der Waals surface area contributed by atoms with Crippen LogP contribution in [0.25, 0.3) is 0 Å². The van der Waals surface area contributed by atoms with Crippen molar-refractivity contribution in [2.24, 2.45) is 46.3 Å². The molecule has 4 aliphatic rings. The zero-order valence-corrected chi connectivity index (χ0v) is 25.3. The van der Waals surface area contributed by atoms with Gasteiger partial charge in [0, 0.05) is 44.7 Å². The number of aromatic nitrogens is 1. The maximum Gasteiger partial charge on any atom is 0.222 e. The third-order valence-corrected chi connectivity index (χ3v) is 12.8. The summed E-state index contributed by atoms with van der Waals surface area (Å²) in [5.74, 6) is 3.59. The van der Waals surface area contributed by atoms with Crippen molar-refractivity contribution in [1.29, 1.82) is 0 Å². The van der Waals surface area contributed by atoms with Gasteiger partial charge >= 0.3 is 0 Å². The van der Waals surface area contributed by atoms with Crippen LogP contribution in [0.5, 0.6) is 0 Å². The molecule has 8 heteroatoms. The van der Waals surface area contributed by atoms with Gasteiger partial charge in [-0.15, -0.1) is 0 Å². The number of rotatable bonds is 9. The van der Waals surface area contributed by atoms with Crippen molar-refractivity contribution in [2.75, 3.05) is 12.3 Å². The monoisotopic (exact) mass is 571 g/mol. The molecule has 0 N–H and O–H groups in total. The van der Waals surface area contributed by atoms with E-state index in [1.807, 2.05) is 6.07 Å². The molecule has 1 aromatic rings. The normalized spacial score (nSPS) is 36.3. The molecule has 0 saturated heterocycles.